The summed E-state index contributed by atoms with van der Waals surface area (Å²) in [6.45, 7) is 5.43. The van der Waals surface area contributed by atoms with E-state index >= 15 is 0 Å². The lowest BCUT2D eigenvalue weighted by atomic mass is 9.39. The third-order valence-electron chi connectivity index (χ3n) is 5.45. The van der Waals surface area contributed by atoms with E-state index in [-0.39, 0.29) is 5.41 Å². The fourth-order valence-electron chi connectivity index (χ4n) is 5.75. The van der Waals surface area contributed by atoms with Crippen molar-refractivity contribution in [3.63, 3.8) is 0 Å². The Hall–Kier alpha value is -1.83. The number of nitrogens with zero attached hydrogens (tertiary/aromatic N) is 1. The second-order valence-electron chi connectivity index (χ2n) is 7.66. The summed E-state index contributed by atoms with van der Waals surface area (Å²) in [4.78, 5) is 23.6. The van der Waals surface area contributed by atoms with Crippen molar-refractivity contribution in [2.75, 3.05) is 0 Å². The molecule has 0 amide bonds. The number of ether oxygens (including phenoxy) is 1. The Bertz CT molecular complexity index is 594. The Morgan fingerprint density at radius 1 is 1.24 bits per heavy atom. The van der Waals surface area contributed by atoms with Crippen LogP contribution in [0.4, 0.5) is 0 Å². The number of carbonyl (C=O) groups is 2. The number of aliphatic carboxylic acids is 1. The van der Waals surface area contributed by atoms with Crippen LogP contribution in [0.15, 0.2) is 12.7 Å². The SMILES string of the molecule is C=CC(=O)OC12CC3(C)CC(C#N)(C1)CC(C(=O)O)(C3)C2. The number of carboxylic acids is 1. The molecule has 5 heteroatoms. The lowest BCUT2D eigenvalue weighted by Gasteiger charge is -2.65. The smallest absolute Gasteiger partial charge is 0.330 e. The largest absolute Gasteiger partial charge is 0.481 e. The minimum absolute atomic E-state index is 0.260. The van der Waals surface area contributed by atoms with Gasteiger partial charge in [-0.2, -0.15) is 5.26 Å². The van der Waals surface area contributed by atoms with E-state index < -0.39 is 28.4 Å². The fourth-order valence-corrected chi connectivity index (χ4v) is 5.75. The maximum atomic E-state index is 11.9. The van der Waals surface area contributed by atoms with Crippen LogP contribution in [0.5, 0.6) is 0 Å². The second kappa shape index (κ2) is 3.88. The van der Waals surface area contributed by atoms with Crippen LogP contribution in [0.1, 0.15) is 45.4 Å². The van der Waals surface area contributed by atoms with Gasteiger partial charge in [-0.05, 0) is 31.1 Å². The molecule has 0 radical (unpaired) electrons. The molecule has 4 aliphatic rings. The highest BCUT2D eigenvalue weighted by atomic mass is 16.6. The Morgan fingerprint density at radius 3 is 2.52 bits per heavy atom. The van der Waals surface area contributed by atoms with Crippen molar-refractivity contribution in [2.24, 2.45) is 16.2 Å². The van der Waals surface area contributed by atoms with Crippen molar-refractivity contribution in [2.45, 2.75) is 51.0 Å². The van der Waals surface area contributed by atoms with Crippen molar-refractivity contribution < 1.29 is 19.4 Å². The summed E-state index contributed by atoms with van der Waals surface area (Å²) in [5, 5.41) is 19.4. The van der Waals surface area contributed by atoms with E-state index in [2.05, 4.69) is 12.6 Å². The van der Waals surface area contributed by atoms with Crippen molar-refractivity contribution in [3.8, 4) is 6.07 Å². The molecular weight excluding hydrogens is 270 g/mol. The number of carbonyl (C=O) groups excluding carboxylic acids is 1. The topological polar surface area (TPSA) is 87.4 Å². The summed E-state index contributed by atoms with van der Waals surface area (Å²) < 4.78 is 5.60. The van der Waals surface area contributed by atoms with E-state index in [0.29, 0.717) is 38.5 Å². The summed E-state index contributed by atoms with van der Waals surface area (Å²) in [7, 11) is 0. The lowest BCUT2D eigenvalue weighted by molar-refractivity contribution is -0.234. The first-order valence-electron chi connectivity index (χ1n) is 7.20. The van der Waals surface area contributed by atoms with Gasteiger partial charge in [-0.1, -0.05) is 13.5 Å². The molecule has 0 heterocycles. The molecule has 4 unspecified atom stereocenters. The monoisotopic (exact) mass is 289 g/mol. The van der Waals surface area contributed by atoms with E-state index in [4.69, 9.17) is 4.74 Å². The second-order valence-corrected chi connectivity index (χ2v) is 7.66. The molecule has 4 atom stereocenters. The number of carboxylic acid groups (broad SMARTS) is 1. The van der Waals surface area contributed by atoms with E-state index in [1.165, 1.54) is 0 Å². The van der Waals surface area contributed by atoms with Crippen LogP contribution in [-0.2, 0) is 14.3 Å². The summed E-state index contributed by atoms with van der Waals surface area (Å²) in [6, 6.07) is 2.35. The highest BCUT2D eigenvalue weighted by Gasteiger charge is 2.71. The summed E-state index contributed by atoms with van der Waals surface area (Å²) in [5.74, 6) is -1.40. The Kier molecular flexibility index (Phi) is 2.61. The van der Waals surface area contributed by atoms with E-state index in [1.807, 2.05) is 6.92 Å². The van der Waals surface area contributed by atoms with Crippen LogP contribution in [-0.4, -0.2) is 22.6 Å². The first kappa shape index (κ1) is 14.1. The number of hydrogen-bond donors (Lipinski definition) is 1. The highest BCUT2D eigenvalue weighted by molar-refractivity contribution is 5.82. The molecule has 0 spiro atoms. The molecule has 4 rings (SSSR count). The Balaban J connectivity index is 2.09. The average molecular weight is 289 g/mol. The first-order chi connectivity index (χ1) is 9.70. The van der Waals surface area contributed by atoms with Gasteiger partial charge in [0.25, 0.3) is 0 Å². The number of nitriles is 1. The van der Waals surface area contributed by atoms with Gasteiger partial charge in [0, 0.05) is 18.9 Å². The molecule has 4 aliphatic carbocycles. The molecule has 0 aromatic rings. The van der Waals surface area contributed by atoms with Crippen LogP contribution in [0.3, 0.4) is 0 Å². The van der Waals surface area contributed by atoms with Gasteiger partial charge in [-0.15, -0.1) is 0 Å². The Morgan fingerprint density at radius 2 is 1.95 bits per heavy atom. The molecular formula is C16H19NO4. The van der Waals surface area contributed by atoms with Crippen molar-refractivity contribution in [3.05, 3.63) is 12.7 Å². The third kappa shape index (κ3) is 1.89. The first-order valence-corrected chi connectivity index (χ1v) is 7.20. The zero-order valence-corrected chi connectivity index (χ0v) is 12.1. The summed E-state index contributed by atoms with van der Waals surface area (Å²) in [6.07, 6.45) is 4.12. The lowest BCUT2D eigenvalue weighted by Crippen LogP contribution is -2.66. The number of hydrogen-bond acceptors (Lipinski definition) is 4. The zero-order chi connectivity index (χ0) is 15.5. The minimum atomic E-state index is -0.944. The van der Waals surface area contributed by atoms with Crippen LogP contribution >= 0.6 is 0 Å². The quantitative estimate of drug-likeness (QED) is 0.637. The third-order valence-corrected chi connectivity index (χ3v) is 5.45. The number of esters is 1. The van der Waals surface area contributed by atoms with E-state index in [0.717, 1.165) is 6.08 Å². The van der Waals surface area contributed by atoms with Crippen LogP contribution in [0.25, 0.3) is 0 Å². The van der Waals surface area contributed by atoms with Gasteiger partial charge in [0.05, 0.1) is 16.9 Å². The van der Waals surface area contributed by atoms with Crippen molar-refractivity contribution >= 4 is 11.9 Å². The van der Waals surface area contributed by atoms with Gasteiger partial charge in [0.2, 0.25) is 0 Å². The molecule has 0 aromatic heterocycles. The molecule has 4 bridgehead atoms. The van der Waals surface area contributed by atoms with E-state index in [1.54, 1.807) is 0 Å². The minimum Gasteiger partial charge on any atom is -0.481 e. The predicted octanol–water partition coefficient (Wildman–Crippen LogP) is 2.42. The zero-order valence-electron chi connectivity index (χ0n) is 12.1. The van der Waals surface area contributed by atoms with Gasteiger partial charge in [-0.25, -0.2) is 4.79 Å². The molecule has 21 heavy (non-hydrogen) atoms. The molecule has 0 aliphatic heterocycles. The van der Waals surface area contributed by atoms with Crippen LogP contribution in [0, 0.1) is 27.6 Å². The molecule has 112 valence electrons. The van der Waals surface area contributed by atoms with Gasteiger partial charge in [0.15, 0.2) is 0 Å². The maximum Gasteiger partial charge on any atom is 0.330 e. The average Bonchev–Trinajstić information content (AvgIpc) is 2.35. The Labute approximate surface area is 123 Å². The normalized spacial score (nSPS) is 46.7. The van der Waals surface area contributed by atoms with Gasteiger partial charge in [-0.3, -0.25) is 4.79 Å². The molecule has 4 saturated carbocycles. The van der Waals surface area contributed by atoms with Gasteiger partial charge in [0.1, 0.15) is 5.60 Å². The van der Waals surface area contributed by atoms with Crippen LogP contribution < -0.4 is 0 Å². The molecule has 0 aromatic carbocycles. The highest BCUT2D eigenvalue weighted by Crippen LogP contribution is 2.71. The van der Waals surface area contributed by atoms with Crippen LogP contribution in [0.2, 0.25) is 0 Å². The summed E-state index contributed by atoms with van der Waals surface area (Å²) >= 11 is 0. The summed E-state index contributed by atoms with van der Waals surface area (Å²) in [5.41, 5.74) is -2.72. The molecule has 4 fully saturated rings. The van der Waals surface area contributed by atoms with Crippen molar-refractivity contribution in [1.29, 1.82) is 5.26 Å². The van der Waals surface area contributed by atoms with Gasteiger partial charge >= 0.3 is 11.9 Å². The fraction of sp³-hybridized carbons (Fsp3) is 0.688. The van der Waals surface area contributed by atoms with Crippen molar-refractivity contribution in [1.82, 2.24) is 0 Å². The molecule has 0 saturated heterocycles. The number of rotatable bonds is 3. The predicted molar refractivity (Wildman–Crippen MR) is 72.9 cm³/mol. The molecule has 5 nitrogen and oxygen atoms in total. The molecule has 1 N–H and O–H groups in total. The standard InChI is InChI=1S/C16H19NO4/c1-3-11(18)21-16-6-13(2)4-14(8-16,10-17)7-15(5-13,9-16)12(19)20/h3H,1,4-9H2,2H3,(H,19,20). The van der Waals surface area contributed by atoms with Gasteiger partial charge < -0.3 is 9.84 Å². The maximum absolute atomic E-state index is 11.9. The van der Waals surface area contributed by atoms with E-state index in [9.17, 15) is 20.0 Å².